The number of nitrogens with zero attached hydrogens (tertiary/aromatic N) is 2. The average Bonchev–Trinajstić information content (AvgIpc) is 3.33. The molecule has 2 heterocycles. The maximum absolute atomic E-state index is 13.5. The normalized spacial score (nSPS) is 13.6. The Labute approximate surface area is 216 Å². The van der Waals surface area contributed by atoms with Crippen molar-refractivity contribution in [2.24, 2.45) is 0 Å². The first kappa shape index (κ1) is 26.5. The molecule has 198 valence electrons. The van der Waals surface area contributed by atoms with Gasteiger partial charge in [-0.3, -0.25) is 4.79 Å². The van der Waals surface area contributed by atoms with Crippen molar-refractivity contribution in [3.8, 4) is 22.8 Å². The summed E-state index contributed by atoms with van der Waals surface area (Å²) in [5.74, 6) is -0.281. The van der Waals surface area contributed by atoms with Crippen molar-refractivity contribution >= 4 is 38.7 Å². The molecule has 10 nitrogen and oxygen atoms in total. The van der Waals surface area contributed by atoms with Crippen LogP contribution < -0.4 is 14.2 Å². The molecular weight excluding hydrogens is 498 g/mol. The molecule has 1 amide bonds. The van der Waals surface area contributed by atoms with Gasteiger partial charge in [0.25, 0.3) is 0 Å². The molecule has 0 bridgehead atoms. The number of hydrogen-bond donors (Lipinski definition) is 1. The Hall–Kier alpha value is -3.57. The van der Waals surface area contributed by atoms with Crippen LogP contribution in [0.2, 0.25) is 0 Å². The first-order valence-electron chi connectivity index (χ1n) is 11.6. The smallest absolute Gasteiger partial charge is 0.419 e. The van der Waals surface area contributed by atoms with Crippen molar-refractivity contribution in [2.75, 3.05) is 32.8 Å². The van der Waals surface area contributed by atoms with Crippen LogP contribution in [0.5, 0.6) is 11.5 Å². The molecule has 11 heteroatoms. The number of carbonyl (C=O) groups excluding carboxylic acids is 2. The van der Waals surface area contributed by atoms with Crippen molar-refractivity contribution in [1.29, 1.82) is 0 Å². The van der Waals surface area contributed by atoms with Crippen LogP contribution >= 0.6 is 0 Å². The molecule has 0 fully saturated rings. The highest BCUT2D eigenvalue weighted by Gasteiger charge is 2.33. The van der Waals surface area contributed by atoms with Gasteiger partial charge in [-0.2, -0.15) is 8.42 Å². The highest BCUT2D eigenvalue weighted by Crippen LogP contribution is 2.47. The Bertz CT molecular complexity index is 1520. The molecule has 3 aromatic rings. The maximum atomic E-state index is 13.5. The van der Waals surface area contributed by atoms with E-state index in [0.29, 0.717) is 34.6 Å². The summed E-state index contributed by atoms with van der Waals surface area (Å²) >= 11 is 0. The van der Waals surface area contributed by atoms with Crippen molar-refractivity contribution < 1.29 is 31.7 Å². The Morgan fingerprint density at radius 2 is 1.89 bits per heavy atom. The second-order valence-corrected chi connectivity index (χ2v) is 11.8. The fourth-order valence-corrected chi connectivity index (χ4v) is 4.90. The minimum atomic E-state index is -3.91. The first-order valence-corrected chi connectivity index (χ1v) is 13.4. The SMILES string of the molecule is COc1cc(-c2cc3c(CN(C)C)cccc3n2C(=O)OC(C)(C)C)c2c(c1OS(C)(=O)=O)CC(=O)N2. The lowest BCUT2D eigenvalue weighted by atomic mass is 10.0. The summed E-state index contributed by atoms with van der Waals surface area (Å²) in [6.45, 7) is 5.98. The number of nitrogens with one attached hydrogen (secondary N) is 1. The molecule has 1 aromatic heterocycles. The molecule has 0 unspecified atom stereocenters. The summed E-state index contributed by atoms with van der Waals surface area (Å²) in [5.41, 5.74) is 2.49. The van der Waals surface area contributed by atoms with E-state index in [1.165, 1.54) is 11.7 Å². The Morgan fingerprint density at radius 1 is 1.19 bits per heavy atom. The molecule has 0 aliphatic carbocycles. The fraction of sp³-hybridized carbons (Fsp3) is 0.385. The zero-order valence-corrected chi connectivity index (χ0v) is 22.8. The lowest BCUT2D eigenvalue weighted by Crippen LogP contribution is -2.27. The predicted octanol–water partition coefficient (Wildman–Crippen LogP) is 3.99. The molecule has 1 N–H and O–H groups in total. The number of carbonyl (C=O) groups is 2. The third-order valence-electron chi connectivity index (χ3n) is 5.68. The standard InChI is InChI=1S/C26H31N3O7S/c1-26(2,3)35-25(31)29-19-10-8-9-15(14-28(4)5)16(19)11-20(29)17-12-21(34-6)24(36-37(7,32)33)18-13-22(30)27-23(17)18/h8-12H,13-14H2,1-7H3,(H,27,30). The number of benzene rings is 2. The van der Waals surface area contributed by atoms with Gasteiger partial charge >= 0.3 is 16.2 Å². The van der Waals surface area contributed by atoms with E-state index in [2.05, 4.69) is 5.32 Å². The average molecular weight is 530 g/mol. The minimum Gasteiger partial charge on any atom is -0.493 e. The van der Waals surface area contributed by atoms with Gasteiger partial charge in [0.15, 0.2) is 11.5 Å². The van der Waals surface area contributed by atoms with E-state index in [9.17, 15) is 18.0 Å². The number of amides is 1. The van der Waals surface area contributed by atoms with Crippen molar-refractivity contribution in [2.45, 2.75) is 39.3 Å². The Balaban J connectivity index is 2.06. The number of ether oxygens (including phenoxy) is 2. The monoisotopic (exact) mass is 529 g/mol. The van der Waals surface area contributed by atoms with Crippen molar-refractivity contribution in [3.05, 3.63) is 41.5 Å². The molecule has 0 saturated heterocycles. The molecule has 0 atom stereocenters. The van der Waals surface area contributed by atoms with Crippen molar-refractivity contribution in [1.82, 2.24) is 9.47 Å². The van der Waals surface area contributed by atoms with Gasteiger partial charge in [-0.15, -0.1) is 0 Å². The summed E-state index contributed by atoms with van der Waals surface area (Å²) in [5, 5.41) is 3.64. The lowest BCUT2D eigenvalue weighted by Gasteiger charge is -2.22. The molecule has 1 aliphatic heterocycles. The molecule has 37 heavy (non-hydrogen) atoms. The minimum absolute atomic E-state index is 0.0599. The van der Waals surface area contributed by atoms with E-state index < -0.39 is 21.8 Å². The summed E-state index contributed by atoms with van der Waals surface area (Å²) in [6, 6.07) is 9.13. The van der Waals surface area contributed by atoms with Crippen LogP contribution in [-0.4, -0.2) is 62.9 Å². The van der Waals surface area contributed by atoms with E-state index >= 15 is 0 Å². The number of methoxy groups -OCH3 is 1. The molecular formula is C26H31N3O7S. The Kier molecular flexibility index (Phi) is 6.72. The summed E-state index contributed by atoms with van der Waals surface area (Å²) in [6.07, 6.45) is 0.222. The van der Waals surface area contributed by atoms with Crippen LogP contribution in [-0.2, 0) is 32.6 Å². The predicted molar refractivity (Wildman–Crippen MR) is 141 cm³/mol. The number of anilines is 1. The van der Waals surface area contributed by atoms with Crippen LogP contribution in [0.3, 0.4) is 0 Å². The van der Waals surface area contributed by atoms with Crippen LogP contribution in [0.25, 0.3) is 22.2 Å². The van der Waals surface area contributed by atoms with Gasteiger partial charge in [-0.25, -0.2) is 9.36 Å². The lowest BCUT2D eigenvalue weighted by molar-refractivity contribution is -0.115. The molecule has 0 radical (unpaired) electrons. The highest BCUT2D eigenvalue weighted by molar-refractivity contribution is 7.86. The largest absolute Gasteiger partial charge is 0.493 e. The van der Waals surface area contributed by atoms with Crippen LogP contribution in [0, 0.1) is 0 Å². The molecule has 4 rings (SSSR count). The van der Waals surface area contributed by atoms with E-state index in [4.69, 9.17) is 13.7 Å². The van der Waals surface area contributed by atoms with Gasteiger partial charge < -0.3 is 23.9 Å². The van der Waals surface area contributed by atoms with Gasteiger partial charge in [0, 0.05) is 23.1 Å². The molecule has 2 aromatic carbocycles. The second kappa shape index (κ2) is 9.38. The second-order valence-electron chi connectivity index (χ2n) is 10.3. The van der Waals surface area contributed by atoms with E-state index in [-0.39, 0.29) is 23.8 Å². The zero-order valence-electron chi connectivity index (χ0n) is 22.0. The van der Waals surface area contributed by atoms with E-state index in [0.717, 1.165) is 17.2 Å². The van der Waals surface area contributed by atoms with E-state index in [1.54, 1.807) is 26.8 Å². The van der Waals surface area contributed by atoms with Gasteiger partial charge in [-0.05, 0) is 58.6 Å². The van der Waals surface area contributed by atoms with Crippen molar-refractivity contribution in [3.63, 3.8) is 0 Å². The van der Waals surface area contributed by atoms with Gasteiger partial charge in [0.2, 0.25) is 5.91 Å². The fourth-order valence-electron chi connectivity index (χ4n) is 4.42. The first-order chi connectivity index (χ1) is 17.2. The zero-order chi connectivity index (χ0) is 27.3. The number of hydrogen-bond acceptors (Lipinski definition) is 8. The van der Waals surface area contributed by atoms with Gasteiger partial charge in [0.1, 0.15) is 5.60 Å². The third kappa shape index (κ3) is 5.42. The molecule has 1 aliphatic rings. The maximum Gasteiger partial charge on any atom is 0.419 e. The summed E-state index contributed by atoms with van der Waals surface area (Å²) in [4.78, 5) is 28.1. The summed E-state index contributed by atoms with van der Waals surface area (Å²) < 4.78 is 41.9. The van der Waals surface area contributed by atoms with Gasteiger partial charge in [-0.1, -0.05) is 12.1 Å². The van der Waals surface area contributed by atoms with Crippen LogP contribution in [0.1, 0.15) is 31.9 Å². The summed E-state index contributed by atoms with van der Waals surface area (Å²) in [7, 11) is 1.38. The van der Waals surface area contributed by atoms with Crippen LogP contribution in [0.15, 0.2) is 30.3 Å². The molecule has 0 spiro atoms. The molecule has 0 saturated carbocycles. The van der Waals surface area contributed by atoms with Gasteiger partial charge in [0.05, 0.1) is 36.7 Å². The van der Waals surface area contributed by atoms with Crippen LogP contribution in [0.4, 0.5) is 10.5 Å². The number of fused-ring (bicyclic) bond motifs is 2. The quantitative estimate of drug-likeness (QED) is 0.477. The number of aromatic nitrogens is 1. The van der Waals surface area contributed by atoms with E-state index in [1.807, 2.05) is 43.3 Å². The third-order valence-corrected chi connectivity index (χ3v) is 6.15. The number of rotatable bonds is 6. The highest BCUT2D eigenvalue weighted by atomic mass is 32.2. The Morgan fingerprint density at radius 3 is 2.49 bits per heavy atom. The topological polar surface area (TPSA) is 116 Å².